The predicted octanol–water partition coefficient (Wildman–Crippen LogP) is 1.93. The van der Waals surface area contributed by atoms with Gasteiger partial charge in [0.15, 0.2) is 0 Å². The van der Waals surface area contributed by atoms with Crippen molar-refractivity contribution in [3.05, 3.63) is 23.8 Å². The molecule has 0 saturated heterocycles. The molecule has 1 rings (SSSR count). The van der Waals surface area contributed by atoms with E-state index in [-0.39, 0.29) is 0 Å². The van der Waals surface area contributed by atoms with Crippen molar-refractivity contribution in [3.8, 4) is 11.5 Å². The highest BCUT2D eigenvalue weighted by Gasteiger charge is 2.02. The Morgan fingerprint density at radius 1 is 1.10 bits per heavy atom. The molecule has 0 unspecified atom stereocenters. The number of ether oxygens (including phenoxy) is 3. The van der Waals surface area contributed by atoms with Crippen molar-refractivity contribution in [2.24, 2.45) is 0 Å². The lowest BCUT2D eigenvalue weighted by molar-refractivity contribution is 0.0688. The minimum absolute atomic E-state index is 0.293. The van der Waals surface area contributed by atoms with Gasteiger partial charge in [0.25, 0.3) is 0 Å². The summed E-state index contributed by atoms with van der Waals surface area (Å²) < 4.78 is 15.4. The van der Waals surface area contributed by atoms with Gasteiger partial charge in [0.1, 0.15) is 11.5 Å². The Kier molecular flexibility index (Phi) is 8.78. The first-order valence-electron chi connectivity index (χ1n) is 6.91. The van der Waals surface area contributed by atoms with Gasteiger partial charge in [0.2, 0.25) is 0 Å². The molecule has 0 spiro atoms. The summed E-state index contributed by atoms with van der Waals surface area (Å²) in [5, 5.41) is 13.0. The largest absolute Gasteiger partial charge is 0.508 e. The average molecular weight is 283 g/mol. The van der Waals surface area contributed by atoms with Gasteiger partial charge in [0, 0.05) is 25.8 Å². The molecule has 0 atom stereocenters. The summed E-state index contributed by atoms with van der Waals surface area (Å²) in [6, 6.07) is 5.24. The van der Waals surface area contributed by atoms with Gasteiger partial charge in [-0.2, -0.15) is 0 Å². The molecule has 1 aromatic carbocycles. The van der Waals surface area contributed by atoms with Crippen LogP contribution in [0.2, 0.25) is 0 Å². The van der Waals surface area contributed by atoms with Gasteiger partial charge in [-0.3, -0.25) is 0 Å². The smallest absolute Gasteiger partial charge is 0.120 e. The van der Waals surface area contributed by atoms with Crippen LogP contribution in [0.25, 0.3) is 0 Å². The molecule has 20 heavy (non-hydrogen) atoms. The van der Waals surface area contributed by atoms with Crippen molar-refractivity contribution in [1.29, 1.82) is 0 Å². The number of hydrogen-bond acceptors (Lipinski definition) is 5. The summed E-state index contributed by atoms with van der Waals surface area (Å²) in [6.07, 6.45) is 2.05. The summed E-state index contributed by atoms with van der Waals surface area (Å²) in [4.78, 5) is 0. The number of rotatable bonds is 11. The van der Waals surface area contributed by atoms with Crippen LogP contribution in [0.5, 0.6) is 11.5 Å². The van der Waals surface area contributed by atoms with E-state index in [4.69, 9.17) is 14.2 Å². The maximum atomic E-state index is 9.73. The number of phenolic OH excluding ortho intramolecular Hbond substituents is 1. The number of phenols is 1. The molecule has 0 bridgehead atoms. The van der Waals surface area contributed by atoms with E-state index in [2.05, 4.69) is 5.32 Å². The van der Waals surface area contributed by atoms with Crippen LogP contribution in [-0.4, -0.2) is 45.7 Å². The fraction of sp³-hybridized carbons (Fsp3) is 0.600. The topological polar surface area (TPSA) is 60.0 Å². The van der Waals surface area contributed by atoms with Crippen LogP contribution in [-0.2, 0) is 16.0 Å². The van der Waals surface area contributed by atoms with Gasteiger partial charge in [-0.1, -0.05) is 0 Å². The molecule has 5 nitrogen and oxygen atoms in total. The second kappa shape index (κ2) is 10.5. The lowest BCUT2D eigenvalue weighted by Gasteiger charge is -2.09. The van der Waals surface area contributed by atoms with Crippen LogP contribution >= 0.6 is 0 Å². The second-order valence-corrected chi connectivity index (χ2v) is 4.48. The van der Waals surface area contributed by atoms with E-state index in [9.17, 15) is 5.11 Å². The molecular weight excluding hydrogens is 258 g/mol. The molecule has 0 aliphatic heterocycles. The van der Waals surface area contributed by atoms with Crippen molar-refractivity contribution in [2.75, 3.05) is 40.6 Å². The fourth-order valence-corrected chi connectivity index (χ4v) is 1.75. The summed E-state index contributed by atoms with van der Waals surface area (Å²) in [6.45, 7) is 3.59. The number of hydrogen-bond donors (Lipinski definition) is 2. The third-order valence-corrected chi connectivity index (χ3v) is 2.93. The first-order chi connectivity index (χ1) is 9.77. The Morgan fingerprint density at radius 2 is 1.95 bits per heavy atom. The lowest BCUT2D eigenvalue weighted by atomic mass is 10.2. The van der Waals surface area contributed by atoms with E-state index in [1.165, 1.54) is 0 Å². The highest BCUT2D eigenvalue weighted by Crippen LogP contribution is 2.22. The minimum atomic E-state index is 0.293. The second-order valence-electron chi connectivity index (χ2n) is 4.48. The maximum Gasteiger partial charge on any atom is 0.120 e. The molecule has 5 heteroatoms. The SMILES string of the molecule is COCCOCCCCNCc1cc(OC)ccc1O. The summed E-state index contributed by atoms with van der Waals surface area (Å²) in [5.41, 5.74) is 0.848. The van der Waals surface area contributed by atoms with Gasteiger partial charge in [-0.15, -0.1) is 0 Å². The van der Waals surface area contributed by atoms with Crippen molar-refractivity contribution >= 4 is 0 Å². The zero-order valence-electron chi connectivity index (χ0n) is 12.4. The van der Waals surface area contributed by atoms with Crippen molar-refractivity contribution < 1.29 is 19.3 Å². The molecule has 0 fully saturated rings. The Morgan fingerprint density at radius 3 is 2.70 bits per heavy atom. The third kappa shape index (κ3) is 6.75. The Balaban J connectivity index is 2.09. The van der Waals surface area contributed by atoms with E-state index in [0.29, 0.717) is 25.5 Å². The summed E-state index contributed by atoms with van der Waals surface area (Å²) in [7, 11) is 3.29. The van der Waals surface area contributed by atoms with Gasteiger partial charge >= 0.3 is 0 Å². The molecule has 0 aliphatic carbocycles. The minimum Gasteiger partial charge on any atom is -0.508 e. The molecule has 2 N–H and O–H groups in total. The Hall–Kier alpha value is -1.30. The van der Waals surface area contributed by atoms with Crippen LogP contribution in [0.4, 0.5) is 0 Å². The molecule has 0 aromatic heterocycles. The Bertz CT molecular complexity index is 371. The normalized spacial score (nSPS) is 10.7. The Labute approximate surface area is 120 Å². The molecule has 0 amide bonds. The number of benzene rings is 1. The van der Waals surface area contributed by atoms with Gasteiger partial charge in [-0.05, 0) is 37.6 Å². The highest BCUT2D eigenvalue weighted by atomic mass is 16.5. The monoisotopic (exact) mass is 283 g/mol. The van der Waals surface area contributed by atoms with E-state index >= 15 is 0 Å². The fourth-order valence-electron chi connectivity index (χ4n) is 1.75. The standard InChI is InChI=1S/C15H25NO4/c1-18-9-10-20-8-4-3-7-16-12-13-11-14(19-2)5-6-15(13)17/h5-6,11,16-17H,3-4,7-10,12H2,1-2H3. The number of nitrogens with one attached hydrogen (secondary N) is 1. The van der Waals surface area contributed by atoms with Crippen LogP contribution in [0.1, 0.15) is 18.4 Å². The molecule has 0 saturated carbocycles. The number of methoxy groups -OCH3 is 2. The quantitative estimate of drug-likeness (QED) is 0.608. The van der Waals surface area contributed by atoms with E-state index in [1.807, 2.05) is 6.07 Å². The molecular formula is C15H25NO4. The highest BCUT2D eigenvalue weighted by molar-refractivity contribution is 5.39. The molecule has 0 aliphatic rings. The maximum absolute atomic E-state index is 9.73. The zero-order valence-corrected chi connectivity index (χ0v) is 12.4. The first kappa shape index (κ1) is 16.8. The lowest BCUT2D eigenvalue weighted by Crippen LogP contribution is -2.15. The molecule has 114 valence electrons. The average Bonchev–Trinajstić information content (AvgIpc) is 2.47. The van der Waals surface area contributed by atoms with E-state index in [0.717, 1.165) is 37.3 Å². The van der Waals surface area contributed by atoms with Crippen LogP contribution in [0, 0.1) is 0 Å². The van der Waals surface area contributed by atoms with Crippen molar-refractivity contribution in [2.45, 2.75) is 19.4 Å². The van der Waals surface area contributed by atoms with Gasteiger partial charge in [-0.25, -0.2) is 0 Å². The molecule has 0 heterocycles. The van der Waals surface area contributed by atoms with Crippen LogP contribution < -0.4 is 10.1 Å². The number of unbranched alkanes of at least 4 members (excludes halogenated alkanes) is 1. The molecule has 1 aromatic rings. The van der Waals surface area contributed by atoms with Crippen LogP contribution in [0.3, 0.4) is 0 Å². The molecule has 0 radical (unpaired) electrons. The zero-order chi connectivity index (χ0) is 14.6. The van der Waals surface area contributed by atoms with Crippen molar-refractivity contribution in [3.63, 3.8) is 0 Å². The summed E-state index contributed by atoms with van der Waals surface area (Å²) in [5.74, 6) is 1.05. The summed E-state index contributed by atoms with van der Waals surface area (Å²) >= 11 is 0. The van der Waals surface area contributed by atoms with E-state index < -0.39 is 0 Å². The van der Waals surface area contributed by atoms with Crippen LogP contribution in [0.15, 0.2) is 18.2 Å². The predicted molar refractivity (Wildman–Crippen MR) is 78.3 cm³/mol. The van der Waals surface area contributed by atoms with Gasteiger partial charge < -0.3 is 24.6 Å². The van der Waals surface area contributed by atoms with Crippen molar-refractivity contribution in [1.82, 2.24) is 5.32 Å². The third-order valence-electron chi connectivity index (χ3n) is 2.93. The van der Waals surface area contributed by atoms with E-state index in [1.54, 1.807) is 26.4 Å². The number of aromatic hydroxyl groups is 1. The first-order valence-corrected chi connectivity index (χ1v) is 6.91. The van der Waals surface area contributed by atoms with Gasteiger partial charge in [0.05, 0.1) is 20.3 Å².